The van der Waals surface area contributed by atoms with Crippen molar-refractivity contribution in [3.8, 4) is 17.2 Å². The van der Waals surface area contributed by atoms with Crippen LogP contribution in [0.4, 0.5) is 17.3 Å². The van der Waals surface area contributed by atoms with Gasteiger partial charge in [-0.15, -0.1) is 0 Å². The van der Waals surface area contributed by atoms with Crippen molar-refractivity contribution in [2.24, 2.45) is 0 Å². The lowest BCUT2D eigenvalue weighted by Crippen LogP contribution is -2.44. The fraction of sp³-hybridized carbons (Fsp3) is 0.235. The number of nitrogens with zero attached hydrogens (tertiary/aromatic N) is 2. The lowest BCUT2D eigenvalue weighted by Gasteiger charge is -2.27. The average molecular weight is 358 g/mol. The molecule has 3 N–H and O–H groups in total. The second kappa shape index (κ2) is 7.18. The quantitative estimate of drug-likeness (QED) is 0.820. The molecule has 0 radical (unpaired) electrons. The Labute approximate surface area is 149 Å². The van der Waals surface area contributed by atoms with E-state index < -0.39 is 5.91 Å². The van der Waals surface area contributed by atoms with Gasteiger partial charge in [0.05, 0.1) is 19.9 Å². The van der Waals surface area contributed by atoms with Crippen LogP contribution in [0.2, 0.25) is 0 Å². The maximum Gasteiger partial charge on any atom is 0.266 e. The van der Waals surface area contributed by atoms with Crippen molar-refractivity contribution in [1.82, 2.24) is 4.98 Å². The van der Waals surface area contributed by atoms with E-state index in [0.717, 1.165) is 0 Å². The molecule has 0 saturated heterocycles. The summed E-state index contributed by atoms with van der Waals surface area (Å²) in [6.07, 6.45) is 0. The number of pyridine rings is 1. The monoisotopic (exact) mass is 358 g/mol. The normalized spacial score (nSPS) is 12.8. The fourth-order valence-corrected chi connectivity index (χ4v) is 2.49. The number of nitrogens with two attached hydrogens (primary N) is 1. The van der Waals surface area contributed by atoms with Crippen LogP contribution in [0.25, 0.3) is 0 Å². The van der Waals surface area contributed by atoms with Crippen molar-refractivity contribution in [1.29, 1.82) is 0 Å². The maximum atomic E-state index is 12.5. The van der Waals surface area contributed by atoms with Crippen LogP contribution >= 0.6 is 0 Å². The summed E-state index contributed by atoms with van der Waals surface area (Å²) in [6, 6.07) is 8.17. The van der Waals surface area contributed by atoms with E-state index >= 15 is 0 Å². The van der Waals surface area contributed by atoms with Gasteiger partial charge in [0.2, 0.25) is 5.91 Å². The van der Waals surface area contributed by atoms with Crippen LogP contribution < -0.4 is 30.2 Å². The SMILES string of the molecule is COc1ccc(NC(=O)CN2C(=O)COc3ccc(N)nc32)c(OC)c1. The maximum absolute atomic E-state index is 12.5. The van der Waals surface area contributed by atoms with Crippen molar-refractivity contribution in [2.75, 3.05) is 43.3 Å². The van der Waals surface area contributed by atoms with Crippen LogP contribution in [0.15, 0.2) is 30.3 Å². The van der Waals surface area contributed by atoms with E-state index in [4.69, 9.17) is 19.9 Å². The number of hydrogen-bond acceptors (Lipinski definition) is 7. The molecule has 0 bridgehead atoms. The zero-order valence-electron chi connectivity index (χ0n) is 14.3. The number of ether oxygens (including phenoxy) is 3. The third-order valence-corrected chi connectivity index (χ3v) is 3.75. The number of aromatic nitrogens is 1. The summed E-state index contributed by atoms with van der Waals surface area (Å²) in [5.74, 6) is 1.08. The predicted octanol–water partition coefficient (Wildman–Crippen LogP) is 1.05. The average Bonchev–Trinajstić information content (AvgIpc) is 2.64. The van der Waals surface area contributed by atoms with E-state index in [0.29, 0.717) is 22.9 Å². The number of nitrogen functional groups attached to an aromatic ring is 1. The molecule has 1 aliphatic heterocycles. The van der Waals surface area contributed by atoms with E-state index in [2.05, 4.69) is 10.3 Å². The van der Waals surface area contributed by atoms with Gasteiger partial charge >= 0.3 is 0 Å². The van der Waals surface area contributed by atoms with Crippen LogP contribution in [0.3, 0.4) is 0 Å². The molecule has 2 amide bonds. The van der Waals surface area contributed by atoms with E-state index in [1.54, 1.807) is 30.3 Å². The summed E-state index contributed by atoms with van der Waals surface area (Å²) in [7, 11) is 3.02. The number of carbonyl (C=O) groups excluding carboxylic acids is 2. The molecule has 2 aromatic rings. The first-order chi connectivity index (χ1) is 12.5. The molecule has 0 saturated carbocycles. The number of amides is 2. The molecule has 0 aliphatic carbocycles. The minimum atomic E-state index is -0.418. The number of nitrogens with one attached hydrogen (secondary N) is 1. The van der Waals surface area contributed by atoms with Crippen LogP contribution in [0.5, 0.6) is 17.2 Å². The first kappa shape index (κ1) is 17.3. The number of fused-ring (bicyclic) bond motifs is 1. The van der Waals surface area contributed by atoms with Gasteiger partial charge < -0.3 is 25.3 Å². The number of hydrogen-bond donors (Lipinski definition) is 2. The summed E-state index contributed by atoms with van der Waals surface area (Å²) in [4.78, 5) is 29.9. The van der Waals surface area contributed by atoms with Crippen molar-refractivity contribution >= 4 is 29.1 Å². The molecule has 1 aromatic carbocycles. The van der Waals surface area contributed by atoms with Gasteiger partial charge in [0, 0.05) is 6.07 Å². The largest absolute Gasteiger partial charge is 0.497 e. The molecule has 3 rings (SSSR count). The number of rotatable bonds is 5. The Hall–Kier alpha value is -3.49. The van der Waals surface area contributed by atoms with Crippen molar-refractivity contribution in [3.63, 3.8) is 0 Å². The first-order valence-electron chi connectivity index (χ1n) is 7.73. The smallest absolute Gasteiger partial charge is 0.266 e. The summed E-state index contributed by atoms with van der Waals surface area (Å²) < 4.78 is 15.7. The minimum Gasteiger partial charge on any atom is -0.497 e. The van der Waals surface area contributed by atoms with Crippen LogP contribution in [0.1, 0.15) is 0 Å². The Bertz CT molecular complexity index is 855. The van der Waals surface area contributed by atoms with Crippen molar-refractivity contribution in [3.05, 3.63) is 30.3 Å². The summed E-state index contributed by atoms with van der Waals surface area (Å²) in [5, 5.41) is 2.71. The van der Waals surface area contributed by atoms with Gasteiger partial charge in [-0.25, -0.2) is 4.98 Å². The zero-order chi connectivity index (χ0) is 18.7. The molecule has 2 heterocycles. The molecule has 9 nitrogen and oxygen atoms in total. The van der Waals surface area contributed by atoms with Crippen molar-refractivity contribution in [2.45, 2.75) is 0 Å². The van der Waals surface area contributed by atoms with Gasteiger partial charge in [0.25, 0.3) is 5.91 Å². The standard InChI is InChI=1S/C17H18N4O5/c1-24-10-3-4-11(13(7-10)25-2)19-15(22)8-21-16(23)9-26-12-5-6-14(18)20-17(12)21/h3-7H,8-9H2,1-2H3,(H2,18,20)(H,19,22). The molecular weight excluding hydrogens is 340 g/mol. The zero-order valence-corrected chi connectivity index (χ0v) is 14.3. The predicted molar refractivity (Wildman–Crippen MR) is 94.7 cm³/mol. The van der Waals surface area contributed by atoms with Gasteiger partial charge in [-0.1, -0.05) is 0 Å². The highest BCUT2D eigenvalue weighted by molar-refractivity contribution is 6.04. The Morgan fingerprint density at radius 3 is 2.85 bits per heavy atom. The van der Waals surface area contributed by atoms with Crippen LogP contribution in [0, 0.1) is 0 Å². The van der Waals surface area contributed by atoms with Crippen LogP contribution in [-0.4, -0.2) is 44.2 Å². The van der Waals surface area contributed by atoms with Crippen LogP contribution in [-0.2, 0) is 9.59 Å². The summed E-state index contributed by atoms with van der Waals surface area (Å²) in [6.45, 7) is -0.404. The molecule has 0 atom stereocenters. The van der Waals surface area contributed by atoms with E-state index in [1.165, 1.54) is 19.1 Å². The lowest BCUT2D eigenvalue weighted by molar-refractivity contribution is -0.123. The molecule has 0 fully saturated rings. The fourth-order valence-electron chi connectivity index (χ4n) is 2.49. The lowest BCUT2D eigenvalue weighted by atomic mass is 10.2. The second-order valence-electron chi connectivity index (χ2n) is 5.44. The highest BCUT2D eigenvalue weighted by atomic mass is 16.5. The summed E-state index contributed by atoms with van der Waals surface area (Å²) >= 11 is 0. The van der Waals surface area contributed by atoms with E-state index in [1.807, 2.05) is 0 Å². The van der Waals surface area contributed by atoms with E-state index in [-0.39, 0.29) is 30.7 Å². The molecule has 136 valence electrons. The number of benzene rings is 1. The van der Waals surface area contributed by atoms with E-state index in [9.17, 15) is 9.59 Å². The molecule has 1 aliphatic rings. The summed E-state index contributed by atoms with van der Waals surface area (Å²) in [5.41, 5.74) is 6.13. The number of carbonyl (C=O) groups is 2. The molecule has 0 unspecified atom stereocenters. The van der Waals surface area contributed by atoms with Gasteiger partial charge in [0.1, 0.15) is 23.9 Å². The van der Waals surface area contributed by atoms with Crippen molar-refractivity contribution < 1.29 is 23.8 Å². The number of anilines is 3. The second-order valence-corrected chi connectivity index (χ2v) is 5.44. The molecule has 1 aromatic heterocycles. The third kappa shape index (κ3) is 3.46. The van der Waals surface area contributed by atoms with Gasteiger partial charge in [-0.05, 0) is 24.3 Å². The minimum absolute atomic E-state index is 0.169. The molecule has 26 heavy (non-hydrogen) atoms. The third-order valence-electron chi connectivity index (χ3n) is 3.75. The van der Waals surface area contributed by atoms with Gasteiger partial charge in [-0.2, -0.15) is 0 Å². The molecule has 0 spiro atoms. The number of methoxy groups -OCH3 is 2. The Balaban J connectivity index is 1.79. The Morgan fingerprint density at radius 2 is 2.12 bits per heavy atom. The Kier molecular flexibility index (Phi) is 4.78. The topological polar surface area (TPSA) is 116 Å². The van der Waals surface area contributed by atoms with Gasteiger partial charge in [-0.3, -0.25) is 14.5 Å². The highest BCUT2D eigenvalue weighted by Crippen LogP contribution is 2.31. The Morgan fingerprint density at radius 1 is 1.31 bits per heavy atom. The molecule has 9 heteroatoms. The first-order valence-corrected chi connectivity index (χ1v) is 7.73. The van der Waals surface area contributed by atoms with Gasteiger partial charge in [0.15, 0.2) is 18.2 Å². The highest BCUT2D eigenvalue weighted by Gasteiger charge is 2.29. The molecular formula is C17H18N4O5.